The largest absolute Gasteiger partial charge is 0.0988 e. The van der Waals surface area contributed by atoms with E-state index in [-0.39, 0.29) is 0 Å². The van der Waals surface area contributed by atoms with Gasteiger partial charge in [-0.05, 0) is 37.7 Å². The topological polar surface area (TPSA) is 0 Å². The molecule has 90 valence electrons. The van der Waals surface area contributed by atoms with Gasteiger partial charge in [0.25, 0.3) is 0 Å². The van der Waals surface area contributed by atoms with Crippen LogP contribution in [-0.2, 0) is 0 Å². The average molecular weight is 210 g/mol. The van der Waals surface area contributed by atoms with Crippen molar-refractivity contribution in [3.05, 3.63) is 23.8 Å². The summed E-state index contributed by atoms with van der Waals surface area (Å²) in [7, 11) is 0. The summed E-state index contributed by atoms with van der Waals surface area (Å²) in [6.45, 7) is 16.6. The van der Waals surface area contributed by atoms with E-state index >= 15 is 0 Å². The van der Waals surface area contributed by atoms with E-state index < -0.39 is 0 Å². The van der Waals surface area contributed by atoms with Gasteiger partial charge in [0.1, 0.15) is 0 Å². The van der Waals surface area contributed by atoms with E-state index in [1.807, 2.05) is 19.9 Å². The Bertz CT molecular complexity index is 174. The molecular formula is C15H30. The van der Waals surface area contributed by atoms with E-state index in [2.05, 4.69) is 34.3 Å². The molecule has 0 spiro atoms. The van der Waals surface area contributed by atoms with E-state index in [4.69, 9.17) is 0 Å². The molecule has 1 unspecified atom stereocenters. The predicted octanol–water partition coefficient (Wildman–Crippen LogP) is 5.75. The van der Waals surface area contributed by atoms with Crippen LogP contribution in [0.15, 0.2) is 23.8 Å². The van der Waals surface area contributed by atoms with Crippen LogP contribution in [0.25, 0.3) is 0 Å². The van der Waals surface area contributed by atoms with Gasteiger partial charge >= 0.3 is 0 Å². The van der Waals surface area contributed by atoms with Crippen molar-refractivity contribution in [3.63, 3.8) is 0 Å². The third-order valence-corrected chi connectivity index (χ3v) is 2.38. The van der Waals surface area contributed by atoms with Gasteiger partial charge in [0.05, 0.1) is 0 Å². The SMILES string of the molecule is C=CC1=C(C)CCC(C)C1.CC.CCC. The molecule has 1 rings (SSSR count). The molecule has 0 aromatic rings. The zero-order valence-corrected chi connectivity index (χ0v) is 11.7. The van der Waals surface area contributed by atoms with Crippen LogP contribution >= 0.6 is 0 Å². The zero-order chi connectivity index (χ0) is 12.3. The highest BCUT2D eigenvalue weighted by molar-refractivity contribution is 5.25. The third-order valence-electron chi connectivity index (χ3n) is 2.38. The fraction of sp³-hybridized carbons (Fsp3) is 0.733. The Balaban J connectivity index is 0. The van der Waals surface area contributed by atoms with Crippen molar-refractivity contribution in [2.24, 2.45) is 5.92 Å². The van der Waals surface area contributed by atoms with E-state index in [9.17, 15) is 0 Å². The summed E-state index contributed by atoms with van der Waals surface area (Å²) in [5.41, 5.74) is 3.03. The van der Waals surface area contributed by atoms with Gasteiger partial charge in [0, 0.05) is 0 Å². The van der Waals surface area contributed by atoms with Crippen molar-refractivity contribution in [2.75, 3.05) is 0 Å². The first-order valence-electron chi connectivity index (χ1n) is 6.46. The van der Waals surface area contributed by atoms with E-state index in [0.717, 1.165) is 5.92 Å². The van der Waals surface area contributed by atoms with Gasteiger partial charge in [-0.3, -0.25) is 0 Å². The first-order valence-corrected chi connectivity index (χ1v) is 6.46. The second-order valence-electron chi connectivity index (χ2n) is 4.06. The van der Waals surface area contributed by atoms with E-state index in [1.54, 1.807) is 5.57 Å². The second kappa shape index (κ2) is 11.6. The van der Waals surface area contributed by atoms with E-state index in [0.29, 0.717) is 0 Å². The molecule has 0 N–H and O–H groups in total. The molecule has 0 heterocycles. The van der Waals surface area contributed by atoms with Gasteiger partial charge < -0.3 is 0 Å². The lowest BCUT2D eigenvalue weighted by Crippen LogP contribution is -2.04. The molecule has 0 aromatic heterocycles. The van der Waals surface area contributed by atoms with Gasteiger partial charge in [-0.2, -0.15) is 0 Å². The van der Waals surface area contributed by atoms with Crippen LogP contribution in [0.5, 0.6) is 0 Å². The summed E-state index contributed by atoms with van der Waals surface area (Å²) in [6, 6.07) is 0. The van der Waals surface area contributed by atoms with Crippen molar-refractivity contribution in [2.45, 2.75) is 67.2 Å². The van der Waals surface area contributed by atoms with Crippen LogP contribution in [0.1, 0.15) is 67.2 Å². The van der Waals surface area contributed by atoms with Gasteiger partial charge in [0.2, 0.25) is 0 Å². The molecule has 1 atom stereocenters. The maximum atomic E-state index is 3.81. The quantitative estimate of drug-likeness (QED) is 0.517. The molecule has 1 aliphatic rings. The maximum absolute atomic E-state index is 3.81. The second-order valence-corrected chi connectivity index (χ2v) is 4.06. The number of hydrogen-bond donors (Lipinski definition) is 0. The lowest BCUT2D eigenvalue weighted by Gasteiger charge is -2.20. The minimum absolute atomic E-state index is 0.872. The Morgan fingerprint density at radius 3 is 2.13 bits per heavy atom. The Morgan fingerprint density at radius 1 is 1.33 bits per heavy atom. The van der Waals surface area contributed by atoms with Gasteiger partial charge in [-0.1, -0.05) is 59.3 Å². The number of allylic oxidation sites excluding steroid dienone is 3. The Labute approximate surface area is 97.5 Å². The molecule has 0 aromatic carbocycles. The molecule has 0 aliphatic heterocycles. The molecule has 0 fully saturated rings. The number of hydrogen-bond acceptors (Lipinski definition) is 0. The highest BCUT2D eigenvalue weighted by atomic mass is 14.2. The first-order chi connectivity index (χ1) is 7.15. The van der Waals surface area contributed by atoms with Crippen molar-refractivity contribution in [1.29, 1.82) is 0 Å². The molecule has 0 nitrogen and oxygen atoms in total. The van der Waals surface area contributed by atoms with Crippen molar-refractivity contribution in [1.82, 2.24) is 0 Å². The van der Waals surface area contributed by atoms with Gasteiger partial charge in [-0.15, -0.1) is 0 Å². The predicted molar refractivity (Wildman–Crippen MR) is 73.2 cm³/mol. The molecular weight excluding hydrogens is 180 g/mol. The maximum Gasteiger partial charge on any atom is -0.0254 e. The van der Waals surface area contributed by atoms with Crippen molar-refractivity contribution < 1.29 is 0 Å². The summed E-state index contributed by atoms with van der Waals surface area (Å²) < 4.78 is 0. The monoisotopic (exact) mass is 210 g/mol. The molecule has 0 bridgehead atoms. The van der Waals surface area contributed by atoms with Crippen LogP contribution in [0.3, 0.4) is 0 Å². The molecule has 0 radical (unpaired) electrons. The summed E-state index contributed by atoms with van der Waals surface area (Å²) in [5, 5.41) is 0. The normalized spacial score (nSPS) is 19.5. The average Bonchev–Trinajstić information content (AvgIpc) is 2.26. The lowest BCUT2D eigenvalue weighted by atomic mass is 9.86. The smallest absolute Gasteiger partial charge is 0.0254 e. The van der Waals surface area contributed by atoms with Crippen LogP contribution in [0.4, 0.5) is 0 Å². The first kappa shape index (κ1) is 16.9. The highest BCUT2D eigenvalue weighted by Gasteiger charge is 2.12. The van der Waals surface area contributed by atoms with Crippen molar-refractivity contribution in [3.8, 4) is 0 Å². The summed E-state index contributed by atoms with van der Waals surface area (Å²) in [5.74, 6) is 0.872. The summed E-state index contributed by atoms with van der Waals surface area (Å²) in [6.07, 6.45) is 7.16. The van der Waals surface area contributed by atoms with Gasteiger partial charge in [0.15, 0.2) is 0 Å². The molecule has 0 saturated carbocycles. The van der Waals surface area contributed by atoms with Crippen LogP contribution < -0.4 is 0 Å². The fourth-order valence-corrected chi connectivity index (χ4v) is 1.53. The fourth-order valence-electron chi connectivity index (χ4n) is 1.53. The third kappa shape index (κ3) is 8.47. The molecule has 15 heavy (non-hydrogen) atoms. The summed E-state index contributed by atoms with van der Waals surface area (Å²) in [4.78, 5) is 0. The standard InChI is InChI=1S/C10H16.C3H8.C2H6/c1-4-10-7-8(2)5-6-9(10)3;1-3-2;1-2/h4,8H,1,5-7H2,2-3H3;3H2,1-2H3;1-2H3. The Morgan fingerprint density at radius 2 is 1.80 bits per heavy atom. The lowest BCUT2D eigenvalue weighted by molar-refractivity contribution is 0.502. The van der Waals surface area contributed by atoms with Crippen LogP contribution in [0, 0.1) is 5.92 Å². The van der Waals surface area contributed by atoms with Crippen molar-refractivity contribution >= 4 is 0 Å². The molecule has 1 aliphatic carbocycles. The van der Waals surface area contributed by atoms with Crippen LogP contribution in [-0.4, -0.2) is 0 Å². The Kier molecular flexibility index (Phi) is 13.0. The van der Waals surface area contributed by atoms with E-state index in [1.165, 1.54) is 31.3 Å². The van der Waals surface area contributed by atoms with Crippen LogP contribution in [0.2, 0.25) is 0 Å². The minimum Gasteiger partial charge on any atom is -0.0988 e. The van der Waals surface area contributed by atoms with Gasteiger partial charge in [-0.25, -0.2) is 0 Å². The molecule has 0 amide bonds. The summed E-state index contributed by atoms with van der Waals surface area (Å²) >= 11 is 0. The zero-order valence-electron chi connectivity index (χ0n) is 11.7. The Hall–Kier alpha value is -0.520. The molecule has 0 saturated heterocycles. The number of rotatable bonds is 1. The minimum atomic E-state index is 0.872. The molecule has 0 heteroatoms. The highest BCUT2D eigenvalue weighted by Crippen LogP contribution is 2.28.